The number of fused-ring (bicyclic) bond motifs is 13. The van der Waals surface area contributed by atoms with E-state index >= 15 is 0 Å². The van der Waals surface area contributed by atoms with Gasteiger partial charge in [-0.3, -0.25) is 0 Å². The van der Waals surface area contributed by atoms with E-state index in [1.807, 2.05) is 12.2 Å². The number of unbranched alkanes of at least 4 members (excludes halogenated alkanes) is 8. The van der Waals surface area contributed by atoms with Crippen molar-refractivity contribution in [1.82, 2.24) is 24.9 Å². The molecule has 5 N–H and O–H groups in total. The van der Waals surface area contributed by atoms with Crippen molar-refractivity contribution in [3.05, 3.63) is 174 Å². The van der Waals surface area contributed by atoms with Crippen LogP contribution in [-0.4, -0.2) is 58.9 Å². The average Bonchev–Trinajstić information content (AvgIpc) is 3.49. The summed E-state index contributed by atoms with van der Waals surface area (Å²) in [5, 5.41) is 21.4. The summed E-state index contributed by atoms with van der Waals surface area (Å²) in [5.41, 5.74) is 27.0. The molecule has 0 saturated carbocycles. The molecule has 0 aromatic carbocycles. The fourth-order valence-electron chi connectivity index (χ4n) is 12.6. The maximum Gasteiger partial charge on any atom is 0.0791 e. The number of aliphatic hydroxyl groups is 2. The number of nitrogens with one attached hydrogen (secondary N) is 3. The highest BCUT2D eigenvalue weighted by atomic mass is 16.2. The number of aliphatic hydroxyl groups excluding tert-OH is 2. The molecule has 16 bridgehead atoms. The number of hydrogen-bond acceptors (Lipinski definition) is 7. The number of nitrogens with zero attached hydrogens (tertiary/aromatic N) is 5. The Labute approximate surface area is 524 Å². The molecule has 0 amide bonds. The van der Waals surface area contributed by atoms with Gasteiger partial charge in [0.05, 0.1) is 80.7 Å². The van der Waals surface area contributed by atoms with Crippen LogP contribution in [0.4, 0.5) is 0 Å². The molecule has 0 aliphatic carbocycles. The summed E-state index contributed by atoms with van der Waals surface area (Å²) in [6, 6.07) is 9.00. The molecule has 10 nitrogen and oxygen atoms in total. The number of rotatable bonds is 27. The third-order valence-electron chi connectivity index (χ3n) is 17.6. The minimum Gasteiger partial charge on any atom is -0.516 e. The van der Waals surface area contributed by atoms with E-state index in [0.29, 0.717) is 0 Å². The molecule has 0 spiro atoms. The highest BCUT2D eigenvalue weighted by molar-refractivity contribution is 6.26. The van der Waals surface area contributed by atoms with Crippen molar-refractivity contribution in [1.29, 1.82) is 0 Å². The third kappa shape index (κ3) is 15.4. The van der Waals surface area contributed by atoms with Crippen LogP contribution < -0.4 is 10.6 Å². The van der Waals surface area contributed by atoms with Gasteiger partial charge >= 0.3 is 0 Å². The molecule has 462 valence electrons. The van der Waals surface area contributed by atoms with Crippen LogP contribution in [0.15, 0.2) is 122 Å². The standard InChI is InChI=1S/C39H50N4O.C39H48N4O/c2*1-5-9-15-28-32-19-20-33(40-32)29(16-10-6-2)35-23-24-37(42-35)31(18-12-8-4)39-27(14-13-25-44)26-38(43-39)30(17-11-7-3)36-22-21-34(28)41-36/h13-14,19-24,26,41,43-44H,5-12,15-18,25H2,1-4H3;13-14,19-26,43-44H,5-12,15-18H2,1-4H3/b14-13+,32-28?,33-29?,34-28?,35-29?,36-30?,37-31?,38-30?,39-31?;. The van der Waals surface area contributed by atoms with Crippen LogP contribution in [0.2, 0.25) is 0 Å². The largest absolute Gasteiger partial charge is 0.516 e. The summed E-state index contributed by atoms with van der Waals surface area (Å²) in [4.78, 5) is 38.1. The van der Waals surface area contributed by atoms with Crippen molar-refractivity contribution in [3.8, 4) is 0 Å². The topological polar surface area (TPSA) is 151 Å². The second-order valence-electron chi connectivity index (χ2n) is 24.1. The first-order valence-corrected chi connectivity index (χ1v) is 33.9. The Morgan fingerprint density at radius 3 is 1.38 bits per heavy atom. The van der Waals surface area contributed by atoms with Crippen molar-refractivity contribution in [2.24, 2.45) is 15.0 Å². The van der Waals surface area contributed by atoms with Crippen LogP contribution >= 0.6 is 0 Å². The van der Waals surface area contributed by atoms with Gasteiger partial charge in [0.2, 0.25) is 0 Å². The van der Waals surface area contributed by atoms with Gasteiger partial charge in [0.1, 0.15) is 0 Å². The molecule has 10 heteroatoms. The number of allylic oxidation sites excluding steroid dienone is 10. The first-order valence-electron chi connectivity index (χ1n) is 33.9. The zero-order chi connectivity index (χ0) is 61.8. The highest BCUT2D eigenvalue weighted by Crippen LogP contribution is 2.35. The zero-order valence-electron chi connectivity index (χ0n) is 54.3. The summed E-state index contributed by atoms with van der Waals surface area (Å²) < 4.78 is 0. The minimum absolute atomic E-state index is 0.00992. The van der Waals surface area contributed by atoms with Gasteiger partial charge in [-0.15, -0.1) is 0 Å². The van der Waals surface area contributed by atoms with Crippen LogP contribution in [0, 0.1) is 0 Å². The Hall–Kier alpha value is -7.69. The van der Waals surface area contributed by atoms with Crippen molar-refractivity contribution < 1.29 is 10.2 Å². The van der Waals surface area contributed by atoms with E-state index in [0.717, 1.165) is 261 Å². The summed E-state index contributed by atoms with van der Waals surface area (Å²) in [6.07, 6.45) is 55.9. The molecular formula is C78H98N8O2. The van der Waals surface area contributed by atoms with Gasteiger partial charge in [-0.05, 0) is 205 Å². The van der Waals surface area contributed by atoms with Crippen molar-refractivity contribution in [3.63, 3.8) is 0 Å². The Balaban J connectivity index is 0.000000209. The first kappa shape index (κ1) is 64.8. The quantitative estimate of drug-likeness (QED) is 0.0326. The second-order valence-corrected chi connectivity index (χ2v) is 24.1. The molecule has 0 saturated heterocycles. The molecule has 6 aliphatic heterocycles. The van der Waals surface area contributed by atoms with E-state index in [1.165, 1.54) is 44.5 Å². The lowest BCUT2D eigenvalue weighted by molar-refractivity contribution is 0.343. The summed E-state index contributed by atoms with van der Waals surface area (Å²) in [7, 11) is 0. The van der Waals surface area contributed by atoms with E-state index in [9.17, 15) is 10.2 Å². The molecule has 0 unspecified atom stereocenters. The molecule has 6 aliphatic rings. The molecule has 10 rings (SSSR count). The Bertz CT molecular complexity index is 3890. The molecular weight excluding hydrogens is 1080 g/mol. The summed E-state index contributed by atoms with van der Waals surface area (Å²) in [5.74, 6) is 0. The van der Waals surface area contributed by atoms with Crippen LogP contribution in [0.3, 0.4) is 0 Å². The van der Waals surface area contributed by atoms with Crippen LogP contribution in [0.25, 0.3) is 69.7 Å². The number of aromatic nitrogens is 5. The number of H-pyrrole nitrogens is 3. The van der Waals surface area contributed by atoms with Gasteiger partial charge in [-0.1, -0.05) is 119 Å². The van der Waals surface area contributed by atoms with E-state index in [4.69, 9.17) is 24.9 Å². The normalized spacial score (nSPS) is 15.4. The van der Waals surface area contributed by atoms with E-state index < -0.39 is 0 Å². The first-order chi connectivity index (χ1) is 43.2. The van der Waals surface area contributed by atoms with Crippen molar-refractivity contribution in [2.75, 3.05) is 6.61 Å². The van der Waals surface area contributed by atoms with Crippen molar-refractivity contribution in [2.45, 2.75) is 209 Å². The number of aromatic amines is 3. The van der Waals surface area contributed by atoms with Crippen molar-refractivity contribution >= 4 is 86.8 Å². The van der Waals surface area contributed by atoms with E-state index in [2.05, 4.69) is 161 Å². The Morgan fingerprint density at radius 2 is 0.852 bits per heavy atom. The molecule has 0 atom stereocenters. The van der Waals surface area contributed by atoms with Gasteiger partial charge < -0.3 is 25.2 Å². The Morgan fingerprint density at radius 1 is 0.420 bits per heavy atom. The lowest BCUT2D eigenvalue weighted by Gasteiger charge is -2.11. The molecule has 0 radical (unpaired) electrons. The molecule has 0 fully saturated rings. The summed E-state index contributed by atoms with van der Waals surface area (Å²) >= 11 is 0. The highest BCUT2D eigenvalue weighted by Gasteiger charge is 2.25. The number of aryl methyl sites for hydroxylation is 3. The van der Waals surface area contributed by atoms with Crippen LogP contribution in [0.5, 0.6) is 0 Å². The molecule has 4 aromatic rings. The van der Waals surface area contributed by atoms with E-state index in [1.54, 1.807) is 6.08 Å². The lowest BCUT2D eigenvalue weighted by Crippen LogP contribution is -2.27. The molecule has 88 heavy (non-hydrogen) atoms. The van der Waals surface area contributed by atoms with Gasteiger partial charge in [-0.2, -0.15) is 0 Å². The lowest BCUT2D eigenvalue weighted by atomic mass is 10.0. The predicted octanol–water partition coefficient (Wildman–Crippen LogP) is 19.1. The van der Waals surface area contributed by atoms with Gasteiger partial charge in [0.15, 0.2) is 0 Å². The van der Waals surface area contributed by atoms with Gasteiger partial charge in [-0.25, -0.2) is 24.9 Å². The minimum atomic E-state index is 0.00992. The van der Waals surface area contributed by atoms with Gasteiger partial charge in [0.25, 0.3) is 0 Å². The van der Waals surface area contributed by atoms with Crippen LogP contribution in [-0.2, 0) is 25.7 Å². The SMILES string of the molecule is CCCCC1=C2C=CC(=N2)C(CCCC)=C2C=CC(=N2)C(CCCC)=c2[nH]c(cc2=CC=CO)C(CCCC)=C2C=CC1=N2.CCCCc1c2nc(c(CCCC)c3ccc([nH]3)c(CCCC)c3cc(/C=C/CO)c([nH]3)c(CCCC)c3nc1C=C3)C=C2. The molecule has 10 heterocycles. The summed E-state index contributed by atoms with van der Waals surface area (Å²) in [6.45, 7) is 18.0. The monoisotopic (exact) mass is 1180 g/mol. The number of hydrogen-bond donors (Lipinski definition) is 5. The smallest absolute Gasteiger partial charge is 0.0791 e. The van der Waals surface area contributed by atoms with Crippen LogP contribution in [0.1, 0.15) is 240 Å². The molecule has 4 aromatic heterocycles. The third-order valence-corrected chi connectivity index (χ3v) is 17.6. The van der Waals surface area contributed by atoms with Gasteiger partial charge in [0, 0.05) is 72.0 Å². The maximum absolute atomic E-state index is 9.71. The predicted molar refractivity (Wildman–Crippen MR) is 378 cm³/mol. The zero-order valence-corrected chi connectivity index (χ0v) is 54.3. The Kier molecular flexibility index (Phi) is 23.9. The van der Waals surface area contributed by atoms with E-state index in [-0.39, 0.29) is 6.61 Å². The fraction of sp³-hybridized carbons (Fsp3) is 0.423. The second kappa shape index (κ2) is 32.5. The fourth-order valence-corrected chi connectivity index (χ4v) is 12.6. The number of aliphatic imine (C=N–C) groups is 3. The maximum atomic E-state index is 9.71. The average molecular weight is 1180 g/mol.